The van der Waals surface area contributed by atoms with Crippen LogP contribution in [0.1, 0.15) is 26.4 Å². The Labute approximate surface area is 97.8 Å². The predicted molar refractivity (Wildman–Crippen MR) is 62.0 cm³/mol. The van der Waals surface area contributed by atoms with Gasteiger partial charge in [-0.2, -0.15) is 0 Å². The van der Waals surface area contributed by atoms with Crippen LogP contribution in [0.5, 0.6) is 0 Å². The summed E-state index contributed by atoms with van der Waals surface area (Å²) in [6.07, 6.45) is 4.23. The van der Waals surface area contributed by atoms with Crippen molar-refractivity contribution in [2.24, 2.45) is 0 Å². The molecule has 0 radical (unpaired) electrons. The average Bonchev–Trinajstić information content (AvgIpc) is 2.95. The van der Waals surface area contributed by atoms with Crippen LogP contribution in [0.15, 0.2) is 18.5 Å². The minimum atomic E-state index is -0.479. The number of esters is 1. The number of rotatable bonds is 3. The highest BCUT2D eigenvalue weighted by molar-refractivity contribution is 5.97. The zero-order valence-corrected chi connectivity index (χ0v) is 9.53. The van der Waals surface area contributed by atoms with Gasteiger partial charge >= 0.3 is 5.97 Å². The fraction of sp³-hybridized carbons (Fsp3) is 0.167. The summed E-state index contributed by atoms with van der Waals surface area (Å²) in [5.74, 6) is -0.479. The van der Waals surface area contributed by atoms with Crippen LogP contribution in [0.2, 0.25) is 0 Å². The monoisotopic (exact) mass is 232 g/mol. The minimum absolute atomic E-state index is 0.311. The van der Waals surface area contributed by atoms with Gasteiger partial charge in [-0.3, -0.25) is 4.79 Å². The van der Waals surface area contributed by atoms with Crippen LogP contribution in [0.25, 0.3) is 11.3 Å². The molecule has 0 bridgehead atoms. The Balaban J connectivity index is 2.61. The molecule has 0 aliphatic heterocycles. The largest absolute Gasteiger partial charge is 0.464 e. The number of ether oxygens (including phenoxy) is 1. The number of H-pyrrole nitrogens is 2. The molecule has 2 N–H and O–H groups in total. The lowest BCUT2D eigenvalue weighted by Crippen LogP contribution is -2.03. The van der Waals surface area contributed by atoms with Crippen molar-refractivity contribution < 1.29 is 14.3 Å². The molecule has 0 saturated heterocycles. The van der Waals surface area contributed by atoms with Gasteiger partial charge in [0.1, 0.15) is 5.69 Å². The molecule has 0 unspecified atom stereocenters. The highest BCUT2D eigenvalue weighted by Crippen LogP contribution is 2.26. The molecule has 2 aromatic rings. The Hall–Kier alpha value is -2.30. The normalized spacial score (nSPS) is 10.2. The molecule has 0 amide bonds. The van der Waals surface area contributed by atoms with Crippen molar-refractivity contribution in [2.75, 3.05) is 7.11 Å². The van der Waals surface area contributed by atoms with E-state index in [1.165, 1.54) is 7.11 Å². The van der Waals surface area contributed by atoms with Gasteiger partial charge in [-0.05, 0) is 18.6 Å². The number of nitrogens with one attached hydrogen (secondary N) is 2. The molecule has 0 aliphatic rings. The Bertz CT molecular complexity index is 553. The van der Waals surface area contributed by atoms with Crippen molar-refractivity contribution >= 4 is 12.3 Å². The first-order chi connectivity index (χ1) is 8.19. The van der Waals surface area contributed by atoms with Gasteiger partial charge in [-0.15, -0.1) is 0 Å². The summed E-state index contributed by atoms with van der Waals surface area (Å²) < 4.78 is 4.65. The smallest absolute Gasteiger partial charge is 0.354 e. The van der Waals surface area contributed by atoms with Crippen molar-refractivity contribution in [3.63, 3.8) is 0 Å². The molecule has 5 heteroatoms. The third kappa shape index (κ3) is 1.75. The van der Waals surface area contributed by atoms with Crippen molar-refractivity contribution in [2.45, 2.75) is 6.92 Å². The molecule has 0 fully saturated rings. The fourth-order valence-electron chi connectivity index (χ4n) is 1.77. The molecule has 17 heavy (non-hydrogen) atoms. The summed E-state index contributed by atoms with van der Waals surface area (Å²) in [6, 6.07) is 1.82. The maximum Gasteiger partial charge on any atom is 0.354 e. The quantitative estimate of drug-likeness (QED) is 0.627. The van der Waals surface area contributed by atoms with E-state index < -0.39 is 5.97 Å². The van der Waals surface area contributed by atoms with Gasteiger partial charge in [0, 0.05) is 23.5 Å². The average molecular weight is 232 g/mol. The molecular formula is C12H12N2O3. The highest BCUT2D eigenvalue weighted by Gasteiger charge is 2.20. The summed E-state index contributed by atoms with van der Waals surface area (Å²) in [6.45, 7) is 1.71. The third-order valence-electron chi connectivity index (χ3n) is 2.69. The molecule has 0 aliphatic carbocycles. The second-order valence-corrected chi connectivity index (χ2v) is 3.62. The van der Waals surface area contributed by atoms with Crippen LogP contribution in [0.4, 0.5) is 0 Å². The number of hydrogen-bond acceptors (Lipinski definition) is 3. The molecule has 0 aromatic carbocycles. The molecule has 0 saturated carbocycles. The Morgan fingerprint density at radius 1 is 1.47 bits per heavy atom. The van der Waals surface area contributed by atoms with Crippen LogP contribution in [0.3, 0.4) is 0 Å². The second-order valence-electron chi connectivity index (χ2n) is 3.62. The number of aromatic amines is 2. The van der Waals surface area contributed by atoms with Gasteiger partial charge in [-0.1, -0.05) is 0 Å². The third-order valence-corrected chi connectivity index (χ3v) is 2.69. The first kappa shape index (κ1) is 11.2. The predicted octanol–water partition coefficient (Wildman–Crippen LogP) is 1.92. The van der Waals surface area contributed by atoms with Crippen molar-refractivity contribution in [3.8, 4) is 11.3 Å². The summed E-state index contributed by atoms with van der Waals surface area (Å²) in [4.78, 5) is 28.4. The maximum absolute atomic E-state index is 11.5. The van der Waals surface area contributed by atoms with Gasteiger partial charge in [0.2, 0.25) is 0 Å². The summed E-state index contributed by atoms with van der Waals surface area (Å²) >= 11 is 0. The first-order valence-electron chi connectivity index (χ1n) is 5.08. The van der Waals surface area contributed by atoms with Gasteiger partial charge in [0.05, 0.1) is 12.8 Å². The number of hydrogen-bond donors (Lipinski definition) is 2. The van der Waals surface area contributed by atoms with Crippen molar-refractivity contribution in [1.82, 2.24) is 9.97 Å². The summed E-state index contributed by atoms with van der Waals surface area (Å²) in [7, 11) is 1.30. The van der Waals surface area contributed by atoms with Crippen LogP contribution in [-0.4, -0.2) is 29.3 Å². The van der Waals surface area contributed by atoms with Gasteiger partial charge < -0.3 is 14.7 Å². The molecule has 2 heterocycles. The second kappa shape index (κ2) is 4.29. The van der Waals surface area contributed by atoms with Crippen LogP contribution < -0.4 is 0 Å². The van der Waals surface area contributed by atoms with E-state index in [1.807, 2.05) is 6.07 Å². The molecule has 2 rings (SSSR count). The van der Waals surface area contributed by atoms with E-state index in [0.717, 1.165) is 11.8 Å². The first-order valence-corrected chi connectivity index (χ1v) is 5.08. The molecule has 88 valence electrons. The Morgan fingerprint density at radius 2 is 2.24 bits per heavy atom. The summed E-state index contributed by atoms with van der Waals surface area (Å²) in [5.41, 5.74) is 2.84. The lowest BCUT2D eigenvalue weighted by Gasteiger charge is -1.96. The Morgan fingerprint density at radius 3 is 2.76 bits per heavy atom. The number of methoxy groups -OCH3 is 1. The zero-order chi connectivity index (χ0) is 12.4. The Kier molecular flexibility index (Phi) is 2.82. The number of carbonyl (C=O) groups is 2. The molecular weight excluding hydrogens is 220 g/mol. The van der Waals surface area contributed by atoms with E-state index in [-0.39, 0.29) is 0 Å². The van der Waals surface area contributed by atoms with E-state index in [4.69, 9.17) is 0 Å². The van der Waals surface area contributed by atoms with E-state index in [9.17, 15) is 9.59 Å². The van der Waals surface area contributed by atoms with Crippen LogP contribution >= 0.6 is 0 Å². The van der Waals surface area contributed by atoms with Crippen LogP contribution in [0, 0.1) is 6.92 Å². The van der Waals surface area contributed by atoms with E-state index in [2.05, 4.69) is 14.7 Å². The minimum Gasteiger partial charge on any atom is -0.464 e. The van der Waals surface area contributed by atoms with E-state index in [0.29, 0.717) is 22.5 Å². The topological polar surface area (TPSA) is 75.0 Å². The summed E-state index contributed by atoms with van der Waals surface area (Å²) in [5, 5.41) is 0. The maximum atomic E-state index is 11.5. The fourth-order valence-corrected chi connectivity index (χ4v) is 1.77. The number of aldehydes is 1. The SMILES string of the molecule is COC(=O)c1[nH]c(-c2cc[nH]c2)c(C=O)c1C. The standard InChI is InChI=1S/C12H12N2O3/c1-7-9(6-15)11(8-3-4-13-5-8)14-10(7)12(16)17-2/h3-6,13-14H,1-2H3. The van der Waals surface area contributed by atoms with Crippen LogP contribution in [-0.2, 0) is 4.74 Å². The lowest BCUT2D eigenvalue weighted by atomic mass is 10.1. The van der Waals surface area contributed by atoms with Gasteiger partial charge in [0.15, 0.2) is 6.29 Å². The lowest BCUT2D eigenvalue weighted by molar-refractivity contribution is 0.0594. The van der Waals surface area contributed by atoms with Gasteiger partial charge in [0.25, 0.3) is 0 Å². The number of aromatic nitrogens is 2. The molecule has 2 aromatic heterocycles. The highest BCUT2D eigenvalue weighted by atomic mass is 16.5. The van der Waals surface area contributed by atoms with E-state index >= 15 is 0 Å². The van der Waals surface area contributed by atoms with Crippen molar-refractivity contribution in [3.05, 3.63) is 35.3 Å². The van der Waals surface area contributed by atoms with Crippen molar-refractivity contribution in [1.29, 1.82) is 0 Å². The molecule has 5 nitrogen and oxygen atoms in total. The molecule has 0 spiro atoms. The van der Waals surface area contributed by atoms with Gasteiger partial charge in [-0.25, -0.2) is 4.79 Å². The zero-order valence-electron chi connectivity index (χ0n) is 9.53. The number of carbonyl (C=O) groups excluding carboxylic acids is 2. The molecule has 0 atom stereocenters. The van der Waals surface area contributed by atoms with E-state index in [1.54, 1.807) is 19.3 Å².